The molecule has 0 aliphatic carbocycles. The van der Waals surface area contributed by atoms with Gasteiger partial charge in [0.05, 0.1) is 5.41 Å². The summed E-state index contributed by atoms with van der Waals surface area (Å²) in [6.07, 6.45) is 28.6. The Bertz CT molecular complexity index is 840. The lowest BCUT2D eigenvalue weighted by Gasteiger charge is -2.22. The van der Waals surface area contributed by atoms with E-state index in [-0.39, 0.29) is 11.4 Å². The molecule has 1 rings (SSSR count). The van der Waals surface area contributed by atoms with Crippen LogP contribution in [-0.4, -0.2) is 5.97 Å². The molecule has 0 heterocycles. The topological polar surface area (TPSA) is 26.3 Å². The third-order valence-electron chi connectivity index (χ3n) is 5.58. The zero-order valence-electron chi connectivity index (χ0n) is 22.3. The highest BCUT2D eigenvalue weighted by atomic mass is 16.5. The average molecular weight is 463 g/mol. The Kier molecular flexibility index (Phi) is 13.9. The molecular weight excluding hydrogens is 416 g/mol. The second-order valence-electron chi connectivity index (χ2n) is 10.3. The molecule has 0 aliphatic heterocycles. The maximum Gasteiger partial charge on any atom is 0.316 e. The number of hydrogen-bond acceptors (Lipinski definition) is 2. The Morgan fingerprint density at radius 1 is 0.706 bits per heavy atom. The van der Waals surface area contributed by atoms with Crippen LogP contribution >= 0.6 is 0 Å². The second kappa shape index (κ2) is 16.1. The molecule has 0 aromatic heterocycles. The second-order valence-corrected chi connectivity index (χ2v) is 10.3. The van der Waals surface area contributed by atoms with Gasteiger partial charge in [-0.3, -0.25) is 4.79 Å². The van der Waals surface area contributed by atoms with E-state index in [0.29, 0.717) is 5.75 Å². The monoisotopic (exact) mass is 462 g/mol. The number of carbonyl (C=O) groups excluding carboxylic acids is 1. The summed E-state index contributed by atoms with van der Waals surface area (Å²) in [7, 11) is 0. The molecule has 2 nitrogen and oxygen atoms in total. The van der Waals surface area contributed by atoms with Crippen LogP contribution in [0.5, 0.6) is 5.75 Å². The Labute approximate surface area is 209 Å². The standard InChI is InChI=1S/C32H46O2/c1-7-8-9-10-11-12-13-14-15-16-17-18-19-20-21-22-27-32(5,6)30(33)34-29-25-23-28(24-26-29)31(2,3)4/h8-9,11-12,14-15,17-18,20-21,23-26H,7,10,13,16,19,22,27H2,1-6H3. The molecule has 0 aliphatic rings. The van der Waals surface area contributed by atoms with Crippen molar-refractivity contribution >= 4 is 5.97 Å². The van der Waals surface area contributed by atoms with Crippen LogP contribution in [0.4, 0.5) is 0 Å². The van der Waals surface area contributed by atoms with Gasteiger partial charge in [-0.1, -0.05) is 101 Å². The van der Waals surface area contributed by atoms with Crippen molar-refractivity contribution in [3.05, 3.63) is 90.6 Å². The van der Waals surface area contributed by atoms with Gasteiger partial charge in [-0.05, 0) is 81.9 Å². The summed E-state index contributed by atoms with van der Waals surface area (Å²) in [4.78, 5) is 12.6. The molecule has 0 fully saturated rings. The van der Waals surface area contributed by atoms with Gasteiger partial charge in [0.2, 0.25) is 0 Å². The van der Waals surface area contributed by atoms with Gasteiger partial charge in [0.25, 0.3) is 0 Å². The smallest absolute Gasteiger partial charge is 0.316 e. The molecule has 0 amide bonds. The summed E-state index contributed by atoms with van der Waals surface area (Å²) in [6, 6.07) is 7.84. The quantitative estimate of drug-likeness (QED) is 0.156. The fourth-order valence-corrected chi connectivity index (χ4v) is 3.18. The molecule has 186 valence electrons. The van der Waals surface area contributed by atoms with Crippen LogP contribution in [-0.2, 0) is 10.2 Å². The maximum absolute atomic E-state index is 12.6. The Morgan fingerprint density at radius 2 is 1.15 bits per heavy atom. The normalized spacial score (nSPS) is 13.4. The summed E-state index contributed by atoms with van der Waals surface area (Å²) in [5.41, 5.74) is 0.794. The van der Waals surface area contributed by atoms with Crippen LogP contribution in [0.1, 0.15) is 92.1 Å². The zero-order valence-corrected chi connectivity index (χ0v) is 22.3. The lowest BCUT2D eigenvalue weighted by molar-refractivity contribution is -0.144. The molecule has 0 atom stereocenters. The Balaban J connectivity index is 2.26. The van der Waals surface area contributed by atoms with E-state index in [1.54, 1.807) is 0 Å². The minimum absolute atomic E-state index is 0.0864. The minimum atomic E-state index is -0.519. The molecule has 1 aromatic carbocycles. The molecular formula is C32H46O2. The van der Waals surface area contributed by atoms with Gasteiger partial charge in [-0.2, -0.15) is 0 Å². The number of carbonyl (C=O) groups is 1. The molecule has 0 radical (unpaired) electrons. The molecule has 1 aromatic rings. The maximum atomic E-state index is 12.6. The van der Waals surface area contributed by atoms with E-state index < -0.39 is 5.41 Å². The molecule has 0 saturated heterocycles. The fourth-order valence-electron chi connectivity index (χ4n) is 3.18. The number of allylic oxidation sites excluding steroid dienone is 10. The van der Waals surface area contributed by atoms with Crippen LogP contribution in [0.15, 0.2) is 85.0 Å². The summed E-state index contributed by atoms with van der Waals surface area (Å²) in [5, 5.41) is 0. The summed E-state index contributed by atoms with van der Waals surface area (Å²) < 4.78 is 5.64. The van der Waals surface area contributed by atoms with Gasteiger partial charge in [0.1, 0.15) is 5.75 Å². The lowest BCUT2D eigenvalue weighted by Crippen LogP contribution is -2.28. The fraction of sp³-hybridized carbons (Fsp3) is 0.469. The van der Waals surface area contributed by atoms with Crippen LogP contribution in [0.2, 0.25) is 0 Å². The Hall–Kier alpha value is -2.61. The summed E-state index contributed by atoms with van der Waals surface area (Å²) in [5.74, 6) is 0.435. The Morgan fingerprint density at radius 3 is 1.59 bits per heavy atom. The highest BCUT2D eigenvalue weighted by Gasteiger charge is 2.29. The number of rotatable bonds is 14. The first-order chi connectivity index (χ1) is 16.2. The first-order valence-corrected chi connectivity index (χ1v) is 12.7. The van der Waals surface area contributed by atoms with Crippen LogP contribution in [0, 0.1) is 5.41 Å². The lowest BCUT2D eigenvalue weighted by atomic mass is 9.87. The van der Waals surface area contributed by atoms with Gasteiger partial charge in [0, 0.05) is 0 Å². The number of hydrogen-bond donors (Lipinski definition) is 0. The van der Waals surface area contributed by atoms with Crippen molar-refractivity contribution in [1.29, 1.82) is 0 Å². The van der Waals surface area contributed by atoms with Crippen molar-refractivity contribution in [3.8, 4) is 5.75 Å². The van der Waals surface area contributed by atoms with Gasteiger partial charge in [-0.25, -0.2) is 0 Å². The molecule has 0 unspecified atom stereocenters. The molecule has 0 N–H and O–H groups in total. The zero-order chi connectivity index (χ0) is 25.3. The number of esters is 1. The highest BCUT2D eigenvalue weighted by molar-refractivity contribution is 5.78. The van der Waals surface area contributed by atoms with Crippen molar-refractivity contribution in [3.63, 3.8) is 0 Å². The van der Waals surface area contributed by atoms with Crippen LogP contribution in [0.3, 0.4) is 0 Å². The predicted molar refractivity (Wildman–Crippen MR) is 148 cm³/mol. The van der Waals surface area contributed by atoms with E-state index in [1.807, 2.05) is 38.1 Å². The first kappa shape index (κ1) is 29.4. The van der Waals surface area contributed by atoms with E-state index in [2.05, 4.69) is 88.5 Å². The van der Waals surface area contributed by atoms with Crippen molar-refractivity contribution in [2.24, 2.45) is 5.41 Å². The number of benzene rings is 1. The molecule has 0 bridgehead atoms. The summed E-state index contributed by atoms with van der Waals surface area (Å²) in [6.45, 7) is 12.6. The largest absolute Gasteiger partial charge is 0.426 e. The van der Waals surface area contributed by atoms with Gasteiger partial charge >= 0.3 is 5.97 Å². The first-order valence-electron chi connectivity index (χ1n) is 12.7. The van der Waals surface area contributed by atoms with E-state index in [0.717, 1.165) is 44.9 Å². The highest BCUT2D eigenvalue weighted by Crippen LogP contribution is 2.28. The van der Waals surface area contributed by atoms with E-state index in [1.165, 1.54) is 5.56 Å². The van der Waals surface area contributed by atoms with E-state index in [4.69, 9.17) is 4.74 Å². The van der Waals surface area contributed by atoms with Gasteiger partial charge in [-0.15, -0.1) is 0 Å². The van der Waals surface area contributed by atoms with E-state index in [9.17, 15) is 4.79 Å². The average Bonchev–Trinajstić information content (AvgIpc) is 2.78. The SMILES string of the molecule is CCC=CCC=CCC=CCC=CCC=CCCC(C)(C)C(=O)Oc1ccc(C(C)(C)C)cc1. The van der Waals surface area contributed by atoms with Crippen molar-refractivity contribution in [1.82, 2.24) is 0 Å². The molecule has 0 saturated carbocycles. The van der Waals surface area contributed by atoms with E-state index >= 15 is 0 Å². The molecule has 0 spiro atoms. The molecule has 34 heavy (non-hydrogen) atoms. The van der Waals surface area contributed by atoms with Gasteiger partial charge < -0.3 is 4.74 Å². The van der Waals surface area contributed by atoms with Gasteiger partial charge in [0.15, 0.2) is 0 Å². The molecule has 2 heteroatoms. The minimum Gasteiger partial charge on any atom is -0.426 e. The van der Waals surface area contributed by atoms with Crippen LogP contribution < -0.4 is 4.74 Å². The van der Waals surface area contributed by atoms with Crippen molar-refractivity contribution in [2.75, 3.05) is 0 Å². The van der Waals surface area contributed by atoms with Crippen molar-refractivity contribution in [2.45, 2.75) is 91.9 Å². The summed E-state index contributed by atoms with van der Waals surface area (Å²) >= 11 is 0. The van der Waals surface area contributed by atoms with Crippen LogP contribution in [0.25, 0.3) is 0 Å². The number of ether oxygens (including phenoxy) is 1. The van der Waals surface area contributed by atoms with Crippen molar-refractivity contribution < 1.29 is 9.53 Å². The third-order valence-corrected chi connectivity index (χ3v) is 5.58. The third kappa shape index (κ3) is 13.2. The predicted octanol–water partition coefficient (Wildman–Crippen LogP) is 9.45.